The van der Waals surface area contributed by atoms with Crippen molar-refractivity contribution in [1.29, 1.82) is 0 Å². The highest BCUT2D eigenvalue weighted by Gasteiger charge is 2.10. The number of rotatable bonds is 3. The van der Waals surface area contributed by atoms with Crippen LogP contribution < -0.4 is 5.32 Å². The van der Waals surface area contributed by atoms with E-state index in [4.69, 9.17) is 0 Å². The number of nitrogens with zero attached hydrogens (tertiary/aromatic N) is 5. The molecule has 7 heteroatoms. The highest BCUT2D eigenvalue weighted by Crippen LogP contribution is 2.27. The number of hydrogen-bond donors (Lipinski definition) is 2. The van der Waals surface area contributed by atoms with Crippen LogP contribution >= 0.6 is 0 Å². The van der Waals surface area contributed by atoms with E-state index in [-0.39, 0.29) is 0 Å². The van der Waals surface area contributed by atoms with Crippen LogP contribution in [0.2, 0.25) is 0 Å². The number of benzene rings is 1. The Labute approximate surface area is 148 Å². The van der Waals surface area contributed by atoms with Gasteiger partial charge in [-0.05, 0) is 54.8 Å². The van der Waals surface area contributed by atoms with Gasteiger partial charge in [-0.1, -0.05) is 0 Å². The molecular weight excluding hydrogens is 326 g/mol. The van der Waals surface area contributed by atoms with Gasteiger partial charge in [0.05, 0.1) is 5.52 Å². The minimum absolute atomic E-state index is 0.707. The second-order valence-corrected chi connectivity index (χ2v) is 6.07. The highest BCUT2D eigenvalue weighted by atomic mass is 15.3. The summed E-state index contributed by atoms with van der Waals surface area (Å²) in [6.45, 7) is 1.98. The molecule has 0 atom stereocenters. The second-order valence-electron chi connectivity index (χ2n) is 6.07. The number of anilines is 2. The van der Waals surface area contributed by atoms with E-state index in [9.17, 15) is 0 Å². The Bertz CT molecular complexity index is 1220. The summed E-state index contributed by atoms with van der Waals surface area (Å²) in [5, 5.41) is 17.1. The summed E-state index contributed by atoms with van der Waals surface area (Å²) in [6.07, 6.45) is 5.41. The van der Waals surface area contributed by atoms with E-state index in [0.29, 0.717) is 5.82 Å². The molecule has 26 heavy (non-hydrogen) atoms. The van der Waals surface area contributed by atoms with Gasteiger partial charge in [0, 0.05) is 35.4 Å². The Balaban J connectivity index is 1.60. The van der Waals surface area contributed by atoms with E-state index in [1.54, 1.807) is 17.1 Å². The van der Waals surface area contributed by atoms with Crippen molar-refractivity contribution in [3.63, 3.8) is 0 Å². The SMILES string of the molecule is Cc1cc2cc(Nc3n[nH]c4cccnc34)ccc2c(-n2cccn2)n1. The lowest BCUT2D eigenvalue weighted by Gasteiger charge is -2.10. The second kappa shape index (κ2) is 5.66. The van der Waals surface area contributed by atoms with Gasteiger partial charge >= 0.3 is 0 Å². The maximum absolute atomic E-state index is 4.64. The summed E-state index contributed by atoms with van der Waals surface area (Å²) in [5.41, 5.74) is 3.59. The summed E-state index contributed by atoms with van der Waals surface area (Å²) < 4.78 is 1.79. The normalized spacial score (nSPS) is 11.3. The average Bonchev–Trinajstić information content (AvgIpc) is 3.31. The molecule has 0 aliphatic rings. The number of fused-ring (bicyclic) bond motifs is 2. The van der Waals surface area contributed by atoms with E-state index in [0.717, 1.165) is 39.0 Å². The van der Waals surface area contributed by atoms with Crippen molar-refractivity contribution in [2.75, 3.05) is 5.32 Å². The average molecular weight is 341 g/mol. The summed E-state index contributed by atoms with van der Waals surface area (Å²) in [5.74, 6) is 1.53. The maximum Gasteiger partial charge on any atom is 0.178 e. The lowest BCUT2D eigenvalue weighted by atomic mass is 10.1. The van der Waals surface area contributed by atoms with Crippen LogP contribution in [0, 0.1) is 6.92 Å². The van der Waals surface area contributed by atoms with Gasteiger partial charge < -0.3 is 5.32 Å². The first-order chi connectivity index (χ1) is 12.8. The number of nitrogens with one attached hydrogen (secondary N) is 2. The number of aryl methyl sites for hydroxylation is 1. The van der Waals surface area contributed by atoms with Crippen molar-refractivity contribution >= 4 is 33.3 Å². The predicted octanol–water partition coefficient (Wildman–Crippen LogP) is 3.74. The molecule has 1 aromatic carbocycles. The third-order valence-corrected chi connectivity index (χ3v) is 4.24. The van der Waals surface area contributed by atoms with Gasteiger partial charge in [-0.3, -0.25) is 10.1 Å². The van der Waals surface area contributed by atoms with Gasteiger partial charge in [0.15, 0.2) is 11.6 Å². The Morgan fingerprint density at radius 1 is 1.08 bits per heavy atom. The Morgan fingerprint density at radius 2 is 2.04 bits per heavy atom. The fraction of sp³-hybridized carbons (Fsp3) is 0.0526. The fourth-order valence-electron chi connectivity index (χ4n) is 3.09. The quantitative estimate of drug-likeness (QED) is 0.522. The lowest BCUT2D eigenvalue weighted by Crippen LogP contribution is -2.01. The Morgan fingerprint density at radius 3 is 2.92 bits per heavy atom. The van der Waals surface area contributed by atoms with Gasteiger partial charge in [0.2, 0.25) is 0 Å². The van der Waals surface area contributed by atoms with Crippen molar-refractivity contribution in [3.05, 3.63) is 66.7 Å². The molecule has 4 heterocycles. The molecule has 5 aromatic rings. The first-order valence-corrected chi connectivity index (χ1v) is 8.25. The molecule has 7 nitrogen and oxygen atoms in total. The minimum Gasteiger partial charge on any atom is -0.337 e. The van der Waals surface area contributed by atoms with Gasteiger partial charge in [-0.25, -0.2) is 9.67 Å². The largest absolute Gasteiger partial charge is 0.337 e. The number of H-pyrrole nitrogens is 1. The molecule has 0 bridgehead atoms. The van der Waals surface area contributed by atoms with Crippen molar-refractivity contribution < 1.29 is 0 Å². The standard InChI is InChI=1S/C19H15N7/c1-12-10-13-11-14(23-18-17-16(24-25-18)4-2-7-20-17)5-6-15(13)19(22-12)26-9-3-8-21-26/h2-11H,1H3,(H2,23,24,25). The summed E-state index contributed by atoms with van der Waals surface area (Å²) >= 11 is 0. The van der Waals surface area contributed by atoms with E-state index in [1.165, 1.54) is 0 Å². The summed E-state index contributed by atoms with van der Waals surface area (Å²) in [6, 6.07) is 13.9. The van der Waals surface area contributed by atoms with Crippen LogP contribution in [-0.4, -0.2) is 29.9 Å². The van der Waals surface area contributed by atoms with Gasteiger partial charge in [-0.15, -0.1) is 0 Å². The molecule has 0 radical (unpaired) electrons. The molecule has 5 rings (SSSR count). The molecule has 0 fully saturated rings. The summed E-state index contributed by atoms with van der Waals surface area (Å²) in [4.78, 5) is 9.03. The number of aromatic nitrogens is 6. The van der Waals surface area contributed by atoms with Crippen LogP contribution in [0.5, 0.6) is 0 Å². The molecule has 2 N–H and O–H groups in total. The molecule has 126 valence electrons. The molecule has 4 aromatic heterocycles. The molecule has 0 spiro atoms. The van der Waals surface area contributed by atoms with Crippen LogP contribution in [0.25, 0.3) is 27.6 Å². The Kier molecular flexibility index (Phi) is 3.18. The van der Waals surface area contributed by atoms with E-state index in [2.05, 4.69) is 42.7 Å². The molecule has 0 amide bonds. The third kappa shape index (κ3) is 2.37. The van der Waals surface area contributed by atoms with Crippen LogP contribution in [0.3, 0.4) is 0 Å². The van der Waals surface area contributed by atoms with Crippen LogP contribution in [0.1, 0.15) is 5.69 Å². The number of hydrogen-bond acceptors (Lipinski definition) is 5. The molecule has 0 aliphatic heterocycles. The van der Waals surface area contributed by atoms with Crippen molar-refractivity contribution in [2.45, 2.75) is 6.92 Å². The fourth-order valence-corrected chi connectivity index (χ4v) is 3.09. The van der Waals surface area contributed by atoms with E-state index in [1.807, 2.05) is 43.5 Å². The van der Waals surface area contributed by atoms with Gasteiger partial charge in [-0.2, -0.15) is 10.2 Å². The van der Waals surface area contributed by atoms with E-state index < -0.39 is 0 Å². The maximum atomic E-state index is 4.64. The Hall–Kier alpha value is -3.74. The van der Waals surface area contributed by atoms with Gasteiger partial charge in [0.1, 0.15) is 5.52 Å². The highest BCUT2D eigenvalue weighted by molar-refractivity contribution is 5.93. The molecular formula is C19H15N7. The van der Waals surface area contributed by atoms with Crippen molar-refractivity contribution in [1.82, 2.24) is 29.9 Å². The van der Waals surface area contributed by atoms with Crippen LogP contribution in [0.15, 0.2) is 61.1 Å². The summed E-state index contributed by atoms with van der Waals surface area (Å²) in [7, 11) is 0. The molecule has 0 saturated carbocycles. The predicted molar refractivity (Wildman–Crippen MR) is 101 cm³/mol. The van der Waals surface area contributed by atoms with Crippen molar-refractivity contribution in [3.8, 4) is 5.82 Å². The van der Waals surface area contributed by atoms with Gasteiger partial charge in [0.25, 0.3) is 0 Å². The smallest absolute Gasteiger partial charge is 0.178 e. The zero-order chi connectivity index (χ0) is 17.5. The zero-order valence-corrected chi connectivity index (χ0v) is 14.0. The molecule has 0 aliphatic carbocycles. The van der Waals surface area contributed by atoms with Crippen LogP contribution in [-0.2, 0) is 0 Å². The first kappa shape index (κ1) is 14.6. The number of aromatic amines is 1. The zero-order valence-electron chi connectivity index (χ0n) is 14.0. The molecule has 0 saturated heterocycles. The third-order valence-electron chi connectivity index (χ3n) is 4.24. The minimum atomic E-state index is 0.707. The first-order valence-electron chi connectivity index (χ1n) is 8.25. The monoisotopic (exact) mass is 341 g/mol. The lowest BCUT2D eigenvalue weighted by molar-refractivity contribution is 0.850. The van der Waals surface area contributed by atoms with E-state index >= 15 is 0 Å². The molecule has 0 unspecified atom stereocenters. The van der Waals surface area contributed by atoms with Crippen LogP contribution in [0.4, 0.5) is 11.5 Å². The topological polar surface area (TPSA) is 84.3 Å². The van der Waals surface area contributed by atoms with Crippen molar-refractivity contribution in [2.24, 2.45) is 0 Å². The number of pyridine rings is 2.